The molecule has 31 heavy (non-hydrogen) atoms. The average molecular weight is 499 g/mol. The van der Waals surface area contributed by atoms with Gasteiger partial charge in [0, 0.05) is 21.1 Å². The summed E-state index contributed by atoms with van der Waals surface area (Å²) in [5, 5.41) is 3.64. The first-order valence-electron chi connectivity index (χ1n) is 9.43. The first kappa shape index (κ1) is 21.1. The van der Waals surface area contributed by atoms with Crippen molar-refractivity contribution in [3.63, 3.8) is 0 Å². The van der Waals surface area contributed by atoms with Gasteiger partial charge in [-0.2, -0.15) is 0 Å². The maximum absolute atomic E-state index is 12.8. The molecule has 0 saturated heterocycles. The molecule has 6 nitrogen and oxygen atoms in total. The number of amides is 1. The van der Waals surface area contributed by atoms with Crippen LogP contribution in [-0.4, -0.2) is 14.3 Å². The second kappa shape index (κ2) is 8.20. The third kappa shape index (κ3) is 4.35. The lowest BCUT2D eigenvalue weighted by atomic mass is 10.1. The average Bonchev–Trinajstić information content (AvgIpc) is 3.07. The van der Waals surface area contributed by atoms with Gasteiger partial charge in [0.25, 0.3) is 15.9 Å². The van der Waals surface area contributed by atoms with E-state index in [-0.39, 0.29) is 10.7 Å². The second-order valence-electron chi connectivity index (χ2n) is 7.10. The van der Waals surface area contributed by atoms with Gasteiger partial charge in [0.15, 0.2) is 5.76 Å². The van der Waals surface area contributed by atoms with Crippen molar-refractivity contribution >= 4 is 54.2 Å². The van der Waals surface area contributed by atoms with E-state index in [0.717, 1.165) is 21.0 Å². The smallest absolute Gasteiger partial charge is 0.291 e. The molecule has 0 spiro atoms. The van der Waals surface area contributed by atoms with Gasteiger partial charge in [0.05, 0.1) is 10.6 Å². The van der Waals surface area contributed by atoms with Crippen molar-refractivity contribution < 1.29 is 17.6 Å². The number of anilines is 2. The molecule has 0 aliphatic carbocycles. The van der Waals surface area contributed by atoms with Crippen LogP contribution in [-0.2, 0) is 10.0 Å². The lowest BCUT2D eigenvalue weighted by Gasteiger charge is -2.13. The van der Waals surface area contributed by atoms with Crippen LogP contribution in [0.5, 0.6) is 0 Å². The Labute approximate surface area is 188 Å². The standard InChI is InChI=1S/C23H19BrN2O4S/c1-14-8-10-17(13-20(14)26-31(28,29)18-6-4-3-5-7-18)25-23(27)22-15(2)19-12-16(24)9-11-21(19)30-22/h3-13,26H,1-2H3,(H,25,27). The predicted octanol–water partition coefficient (Wildman–Crippen LogP) is 5.87. The highest BCUT2D eigenvalue weighted by Crippen LogP contribution is 2.29. The van der Waals surface area contributed by atoms with Gasteiger partial charge in [0.1, 0.15) is 5.58 Å². The molecule has 0 fully saturated rings. The van der Waals surface area contributed by atoms with Crippen LogP contribution < -0.4 is 10.0 Å². The van der Waals surface area contributed by atoms with E-state index in [4.69, 9.17) is 4.42 Å². The molecule has 0 saturated carbocycles. The SMILES string of the molecule is Cc1ccc(NC(=O)c2oc3ccc(Br)cc3c2C)cc1NS(=O)(=O)c1ccccc1. The lowest BCUT2D eigenvalue weighted by Crippen LogP contribution is -2.15. The van der Waals surface area contributed by atoms with Gasteiger partial charge in [-0.1, -0.05) is 40.2 Å². The summed E-state index contributed by atoms with van der Waals surface area (Å²) in [5.41, 5.74) is 2.90. The topological polar surface area (TPSA) is 88.4 Å². The minimum atomic E-state index is -3.75. The number of nitrogens with one attached hydrogen (secondary N) is 2. The molecule has 1 heterocycles. The largest absolute Gasteiger partial charge is 0.451 e. The zero-order valence-electron chi connectivity index (χ0n) is 16.8. The molecule has 0 bridgehead atoms. The van der Waals surface area contributed by atoms with Crippen molar-refractivity contribution in [2.24, 2.45) is 0 Å². The number of sulfonamides is 1. The Kier molecular flexibility index (Phi) is 5.60. The molecule has 1 aromatic heterocycles. The van der Waals surface area contributed by atoms with Crippen molar-refractivity contribution in [3.8, 4) is 0 Å². The van der Waals surface area contributed by atoms with Crippen molar-refractivity contribution in [1.29, 1.82) is 0 Å². The molecule has 4 aromatic rings. The maximum Gasteiger partial charge on any atom is 0.291 e. The van der Waals surface area contributed by atoms with Crippen LogP contribution in [0.25, 0.3) is 11.0 Å². The normalized spacial score (nSPS) is 11.5. The zero-order chi connectivity index (χ0) is 22.2. The van der Waals surface area contributed by atoms with Crippen LogP contribution >= 0.6 is 15.9 Å². The van der Waals surface area contributed by atoms with Gasteiger partial charge >= 0.3 is 0 Å². The van der Waals surface area contributed by atoms with Crippen LogP contribution in [0.4, 0.5) is 11.4 Å². The molecule has 0 unspecified atom stereocenters. The molecule has 0 atom stereocenters. The summed E-state index contributed by atoms with van der Waals surface area (Å²) in [4.78, 5) is 13.0. The number of aryl methyl sites for hydroxylation is 2. The van der Waals surface area contributed by atoms with Crippen molar-refractivity contribution in [1.82, 2.24) is 0 Å². The van der Waals surface area contributed by atoms with Crippen LogP contribution in [0.2, 0.25) is 0 Å². The van der Waals surface area contributed by atoms with Crippen molar-refractivity contribution in [2.45, 2.75) is 18.7 Å². The Morgan fingerprint density at radius 2 is 1.71 bits per heavy atom. The number of hydrogen-bond acceptors (Lipinski definition) is 4. The van der Waals surface area contributed by atoms with Gasteiger partial charge < -0.3 is 9.73 Å². The molecule has 0 radical (unpaired) electrons. The van der Waals surface area contributed by atoms with Crippen LogP contribution in [0.3, 0.4) is 0 Å². The lowest BCUT2D eigenvalue weighted by molar-refractivity contribution is 0.0998. The fourth-order valence-electron chi connectivity index (χ4n) is 3.21. The van der Waals surface area contributed by atoms with Gasteiger partial charge in [-0.05, 0) is 61.9 Å². The predicted molar refractivity (Wildman–Crippen MR) is 125 cm³/mol. The molecule has 2 N–H and O–H groups in total. The minimum Gasteiger partial charge on any atom is -0.451 e. The summed E-state index contributed by atoms with van der Waals surface area (Å²) in [7, 11) is -3.75. The molecule has 1 amide bonds. The summed E-state index contributed by atoms with van der Waals surface area (Å²) in [5.74, 6) is -0.203. The summed E-state index contributed by atoms with van der Waals surface area (Å²) in [6.45, 7) is 3.61. The first-order chi connectivity index (χ1) is 14.7. The van der Waals surface area contributed by atoms with E-state index in [9.17, 15) is 13.2 Å². The van der Waals surface area contributed by atoms with E-state index in [1.165, 1.54) is 12.1 Å². The number of benzene rings is 3. The third-order valence-electron chi connectivity index (χ3n) is 4.90. The summed E-state index contributed by atoms with van der Waals surface area (Å²) in [6, 6.07) is 18.7. The van der Waals surface area contributed by atoms with Gasteiger partial charge in [-0.3, -0.25) is 9.52 Å². The molecular formula is C23H19BrN2O4S. The van der Waals surface area contributed by atoms with Crippen LogP contribution in [0.1, 0.15) is 21.7 Å². The highest BCUT2D eigenvalue weighted by atomic mass is 79.9. The van der Waals surface area contributed by atoms with Crippen molar-refractivity contribution in [3.05, 3.63) is 88.1 Å². The zero-order valence-corrected chi connectivity index (χ0v) is 19.2. The summed E-state index contributed by atoms with van der Waals surface area (Å²) in [6.07, 6.45) is 0. The molecule has 8 heteroatoms. The van der Waals surface area contributed by atoms with Gasteiger partial charge in [-0.15, -0.1) is 0 Å². The van der Waals surface area contributed by atoms with Gasteiger partial charge in [-0.25, -0.2) is 8.42 Å². The van der Waals surface area contributed by atoms with Crippen molar-refractivity contribution in [2.75, 3.05) is 10.0 Å². The molecule has 4 rings (SSSR count). The minimum absolute atomic E-state index is 0.160. The van der Waals surface area contributed by atoms with E-state index in [1.807, 2.05) is 19.1 Å². The van der Waals surface area contributed by atoms with Crippen LogP contribution in [0.15, 0.2) is 80.5 Å². The van der Waals surface area contributed by atoms with E-state index >= 15 is 0 Å². The number of fused-ring (bicyclic) bond motifs is 1. The molecular weight excluding hydrogens is 480 g/mol. The fraction of sp³-hybridized carbons (Fsp3) is 0.0870. The second-order valence-corrected chi connectivity index (χ2v) is 9.70. The molecule has 0 aliphatic rings. The monoisotopic (exact) mass is 498 g/mol. The first-order valence-corrected chi connectivity index (χ1v) is 11.7. The highest BCUT2D eigenvalue weighted by molar-refractivity contribution is 9.10. The van der Waals surface area contributed by atoms with Crippen LogP contribution in [0, 0.1) is 13.8 Å². The van der Waals surface area contributed by atoms with Gasteiger partial charge in [0.2, 0.25) is 0 Å². The molecule has 3 aromatic carbocycles. The maximum atomic E-state index is 12.8. The Hall–Kier alpha value is -3.10. The third-order valence-corrected chi connectivity index (χ3v) is 6.77. The number of rotatable bonds is 5. The summed E-state index contributed by atoms with van der Waals surface area (Å²) >= 11 is 3.42. The Bertz CT molecular complexity index is 1400. The highest BCUT2D eigenvalue weighted by Gasteiger charge is 2.19. The van der Waals surface area contributed by atoms with E-state index in [2.05, 4.69) is 26.0 Å². The van der Waals surface area contributed by atoms with E-state index < -0.39 is 15.9 Å². The number of carbonyl (C=O) groups is 1. The number of hydrogen-bond donors (Lipinski definition) is 2. The summed E-state index contributed by atoms with van der Waals surface area (Å²) < 4.78 is 34.5. The Balaban J connectivity index is 1.60. The Morgan fingerprint density at radius 3 is 2.45 bits per heavy atom. The van der Waals surface area contributed by atoms with E-state index in [0.29, 0.717) is 17.0 Å². The quantitative estimate of drug-likeness (QED) is 0.360. The molecule has 158 valence electrons. The van der Waals surface area contributed by atoms with E-state index in [1.54, 1.807) is 49.4 Å². The molecule has 0 aliphatic heterocycles. The number of carbonyl (C=O) groups excluding carboxylic acids is 1. The number of furan rings is 1. The fourth-order valence-corrected chi connectivity index (χ4v) is 4.71. The Morgan fingerprint density at radius 1 is 0.968 bits per heavy atom. The number of halogens is 1.